The molecule has 222 valence electrons. The van der Waals surface area contributed by atoms with Crippen molar-refractivity contribution in [3.05, 3.63) is 64.8 Å². The van der Waals surface area contributed by atoms with Crippen molar-refractivity contribution in [2.45, 2.75) is 77.4 Å². The van der Waals surface area contributed by atoms with E-state index in [4.69, 9.17) is 4.74 Å². The van der Waals surface area contributed by atoms with Gasteiger partial charge < -0.3 is 19.9 Å². The molecule has 3 heterocycles. The van der Waals surface area contributed by atoms with Crippen molar-refractivity contribution in [1.29, 1.82) is 5.26 Å². The van der Waals surface area contributed by atoms with Crippen LogP contribution in [0.15, 0.2) is 42.6 Å². The van der Waals surface area contributed by atoms with Crippen LogP contribution in [0, 0.1) is 29.6 Å². The smallest absolute Gasteiger partial charge is 0.251 e. The first-order valence-corrected chi connectivity index (χ1v) is 15.6. The Hall–Kier alpha value is -3.34. The van der Waals surface area contributed by atoms with Gasteiger partial charge in [-0.15, -0.1) is 0 Å². The molecule has 2 aromatic carbocycles. The zero-order valence-corrected chi connectivity index (χ0v) is 25.6. The SMILES string of the molecule is COc1cc(C)c2[nH]ccc2c1CN1CCC2(CC(C#N)C2)CC1c1ccc(C(=O)NC(C)(C)CN2CCCC2)cc1. The number of carbonyl (C=O) groups excluding carboxylic acids is 1. The van der Waals surface area contributed by atoms with Crippen molar-refractivity contribution >= 4 is 16.8 Å². The number of hydrogen-bond donors (Lipinski definition) is 2. The first kappa shape index (κ1) is 28.8. The Balaban J connectivity index is 1.24. The van der Waals surface area contributed by atoms with Gasteiger partial charge in [-0.25, -0.2) is 0 Å². The van der Waals surface area contributed by atoms with Crippen LogP contribution in [0.1, 0.15) is 85.5 Å². The lowest BCUT2D eigenvalue weighted by molar-refractivity contribution is -0.0298. The lowest BCUT2D eigenvalue weighted by Crippen LogP contribution is -2.51. The number of H-pyrrole nitrogens is 1. The molecule has 2 saturated heterocycles. The summed E-state index contributed by atoms with van der Waals surface area (Å²) in [5.41, 5.74) is 5.43. The molecule has 1 saturated carbocycles. The average molecular weight is 568 g/mol. The number of nitriles is 1. The van der Waals surface area contributed by atoms with E-state index in [2.05, 4.69) is 71.2 Å². The van der Waals surface area contributed by atoms with Crippen LogP contribution < -0.4 is 10.1 Å². The maximum atomic E-state index is 13.3. The number of carbonyl (C=O) groups is 1. The van der Waals surface area contributed by atoms with Crippen LogP contribution in [-0.2, 0) is 6.54 Å². The molecule has 3 aromatic rings. The van der Waals surface area contributed by atoms with Crippen molar-refractivity contribution < 1.29 is 9.53 Å². The molecule has 7 heteroatoms. The van der Waals surface area contributed by atoms with Crippen LogP contribution in [-0.4, -0.2) is 59.5 Å². The Morgan fingerprint density at radius 1 is 1.14 bits per heavy atom. The number of ether oxygens (including phenoxy) is 1. The van der Waals surface area contributed by atoms with Gasteiger partial charge in [-0.05, 0) is 120 Å². The van der Waals surface area contributed by atoms with E-state index in [0.717, 1.165) is 69.7 Å². The molecule has 1 aromatic heterocycles. The first-order valence-electron chi connectivity index (χ1n) is 15.6. The van der Waals surface area contributed by atoms with E-state index in [1.54, 1.807) is 7.11 Å². The summed E-state index contributed by atoms with van der Waals surface area (Å²) in [4.78, 5) is 21.7. The van der Waals surface area contributed by atoms with E-state index < -0.39 is 0 Å². The molecule has 2 N–H and O–H groups in total. The van der Waals surface area contributed by atoms with Crippen LogP contribution >= 0.6 is 0 Å². The number of nitrogens with one attached hydrogen (secondary N) is 2. The molecule has 7 nitrogen and oxygen atoms in total. The first-order chi connectivity index (χ1) is 20.2. The van der Waals surface area contributed by atoms with Gasteiger partial charge in [-0.3, -0.25) is 9.69 Å². The van der Waals surface area contributed by atoms with Crippen LogP contribution in [0.2, 0.25) is 0 Å². The second kappa shape index (κ2) is 11.4. The van der Waals surface area contributed by atoms with Gasteiger partial charge in [-0.2, -0.15) is 5.26 Å². The van der Waals surface area contributed by atoms with Crippen molar-refractivity contribution in [2.24, 2.45) is 11.3 Å². The second-order valence-electron chi connectivity index (χ2n) is 13.8. The molecule has 42 heavy (non-hydrogen) atoms. The number of piperidine rings is 1. The number of amides is 1. The fraction of sp³-hybridized carbons (Fsp3) is 0.543. The molecule has 6 rings (SSSR count). The number of aryl methyl sites for hydroxylation is 1. The van der Waals surface area contributed by atoms with Gasteiger partial charge in [0.15, 0.2) is 0 Å². The molecular weight excluding hydrogens is 522 g/mol. The highest BCUT2D eigenvalue weighted by Gasteiger charge is 2.49. The molecule has 1 amide bonds. The summed E-state index contributed by atoms with van der Waals surface area (Å²) < 4.78 is 5.89. The fourth-order valence-corrected chi connectivity index (χ4v) is 7.90. The zero-order chi connectivity index (χ0) is 29.5. The predicted molar refractivity (Wildman–Crippen MR) is 166 cm³/mol. The van der Waals surface area contributed by atoms with E-state index >= 15 is 0 Å². The van der Waals surface area contributed by atoms with E-state index in [1.807, 2.05) is 18.3 Å². The quantitative estimate of drug-likeness (QED) is 0.332. The Morgan fingerprint density at radius 2 is 1.88 bits per heavy atom. The topological polar surface area (TPSA) is 84.4 Å². The summed E-state index contributed by atoms with van der Waals surface area (Å²) in [5, 5.41) is 14.0. The number of hydrogen-bond acceptors (Lipinski definition) is 5. The summed E-state index contributed by atoms with van der Waals surface area (Å²) in [6, 6.07) is 15.3. The largest absolute Gasteiger partial charge is 0.496 e. The third-order valence-corrected chi connectivity index (χ3v) is 10.1. The third-order valence-electron chi connectivity index (χ3n) is 10.1. The number of likely N-dealkylation sites (tertiary alicyclic amines) is 2. The number of nitrogens with zero attached hydrogens (tertiary/aromatic N) is 3. The number of fused-ring (bicyclic) bond motifs is 1. The lowest BCUT2D eigenvalue weighted by atomic mass is 9.56. The number of aromatic nitrogens is 1. The lowest BCUT2D eigenvalue weighted by Gasteiger charge is -2.53. The van der Waals surface area contributed by atoms with Gasteiger partial charge in [0.1, 0.15) is 5.75 Å². The minimum Gasteiger partial charge on any atom is -0.496 e. The van der Waals surface area contributed by atoms with E-state index in [-0.39, 0.29) is 28.8 Å². The van der Waals surface area contributed by atoms with Crippen LogP contribution in [0.25, 0.3) is 10.9 Å². The van der Waals surface area contributed by atoms with Crippen molar-refractivity contribution in [3.8, 4) is 11.8 Å². The minimum absolute atomic E-state index is 0.0159. The molecule has 3 aliphatic rings. The van der Waals surface area contributed by atoms with Gasteiger partial charge >= 0.3 is 0 Å². The highest BCUT2D eigenvalue weighted by molar-refractivity contribution is 5.94. The van der Waals surface area contributed by atoms with Crippen LogP contribution in [0.4, 0.5) is 0 Å². The number of methoxy groups -OCH3 is 1. The second-order valence-corrected chi connectivity index (χ2v) is 13.8. The van der Waals surface area contributed by atoms with Gasteiger partial charge in [0.25, 0.3) is 5.91 Å². The normalized spacial score (nSPS) is 24.9. The monoisotopic (exact) mass is 567 g/mol. The summed E-state index contributed by atoms with van der Waals surface area (Å²) in [6.07, 6.45) is 8.63. The van der Waals surface area contributed by atoms with Gasteiger partial charge in [0, 0.05) is 58.8 Å². The predicted octanol–water partition coefficient (Wildman–Crippen LogP) is 6.35. The molecule has 1 aliphatic carbocycles. The van der Waals surface area contributed by atoms with E-state index in [9.17, 15) is 10.1 Å². The number of benzene rings is 2. The van der Waals surface area contributed by atoms with E-state index in [0.29, 0.717) is 5.56 Å². The van der Waals surface area contributed by atoms with Crippen molar-refractivity contribution in [3.63, 3.8) is 0 Å². The number of rotatable bonds is 8. The van der Waals surface area contributed by atoms with Gasteiger partial charge in [0.2, 0.25) is 0 Å². The molecular formula is C35H45N5O2. The Bertz CT molecular complexity index is 1470. The molecule has 2 aliphatic heterocycles. The Labute approximate surface area is 250 Å². The summed E-state index contributed by atoms with van der Waals surface area (Å²) in [6.45, 7) is 11.2. The van der Waals surface area contributed by atoms with Crippen LogP contribution in [0.3, 0.4) is 0 Å². The van der Waals surface area contributed by atoms with Crippen molar-refractivity contribution in [1.82, 2.24) is 20.1 Å². The molecule has 1 atom stereocenters. The van der Waals surface area contributed by atoms with Crippen molar-refractivity contribution in [2.75, 3.05) is 33.3 Å². The highest BCUT2D eigenvalue weighted by atomic mass is 16.5. The molecule has 0 radical (unpaired) electrons. The minimum atomic E-state index is -0.287. The molecule has 1 unspecified atom stereocenters. The third kappa shape index (κ3) is 5.67. The number of aromatic amines is 1. The molecule has 1 spiro atoms. The van der Waals surface area contributed by atoms with Gasteiger partial charge in [-0.1, -0.05) is 12.1 Å². The zero-order valence-electron chi connectivity index (χ0n) is 25.6. The Morgan fingerprint density at radius 3 is 2.57 bits per heavy atom. The fourth-order valence-electron chi connectivity index (χ4n) is 7.90. The highest BCUT2D eigenvalue weighted by Crippen LogP contribution is 2.56. The maximum Gasteiger partial charge on any atom is 0.251 e. The Kier molecular flexibility index (Phi) is 7.80. The van der Waals surface area contributed by atoms with Crippen LogP contribution in [0.5, 0.6) is 5.75 Å². The molecule has 3 fully saturated rings. The molecule has 0 bridgehead atoms. The van der Waals surface area contributed by atoms with Gasteiger partial charge in [0.05, 0.1) is 13.2 Å². The standard InChI is InChI=1S/C35H45N5O2/c1-24-17-31(42-4)29(28-11-13-37-32(24)28)22-40-16-12-35(18-25(19-35)21-36)20-30(40)26-7-9-27(10-8-26)33(41)38-34(2,3)23-39-14-5-6-15-39/h7-11,13,17,25,30,37H,5-6,12,14-16,18-20,22-23H2,1-4H3,(H,38,41). The summed E-state index contributed by atoms with van der Waals surface area (Å²) >= 11 is 0. The summed E-state index contributed by atoms with van der Waals surface area (Å²) in [7, 11) is 1.76. The summed E-state index contributed by atoms with van der Waals surface area (Å²) in [5.74, 6) is 1.09. The average Bonchev–Trinajstić information content (AvgIpc) is 3.66. The maximum absolute atomic E-state index is 13.3. The van der Waals surface area contributed by atoms with E-state index in [1.165, 1.54) is 34.9 Å².